The molecule has 18 N–H and O–H groups in total. The molecule has 0 saturated heterocycles. The summed E-state index contributed by atoms with van der Waals surface area (Å²) in [6, 6.07) is 0. The third-order valence-corrected chi connectivity index (χ3v) is 14.2. The van der Waals surface area contributed by atoms with Crippen LogP contribution in [0.3, 0.4) is 0 Å². The summed E-state index contributed by atoms with van der Waals surface area (Å²) < 4.78 is 42.8. The fourth-order valence-corrected chi connectivity index (χ4v) is 8.59. The van der Waals surface area contributed by atoms with Crippen LogP contribution in [0.5, 0.6) is 0 Å². The Bertz CT molecular complexity index is 3910. The maximum atomic E-state index is 13.5. The molecule has 0 aromatic rings. The Morgan fingerprint density at radius 3 is 0.398 bits per heavy atom. The van der Waals surface area contributed by atoms with Crippen LogP contribution in [0.25, 0.3) is 0 Å². The van der Waals surface area contributed by atoms with Gasteiger partial charge in [-0.15, -0.1) is 0 Å². The van der Waals surface area contributed by atoms with Gasteiger partial charge in [-0.2, -0.15) is 0 Å². The summed E-state index contributed by atoms with van der Waals surface area (Å²) in [5.74, 6) is -67.9. The highest BCUT2D eigenvalue weighted by atomic mass is 16.6. The summed E-state index contributed by atoms with van der Waals surface area (Å²) in [6.45, 7) is 0. The molecule has 0 heterocycles. The van der Waals surface area contributed by atoms with E-state index in [1.165, 1.54) is 0 Å². The van der Waals surface area contributed by atoms with Gasteiger partial charge in [-0.1, -0.05) is 0 Å². The van der Waals surface area contributed by atoms with E-state index in [4.69, 9.17) is 40.1 Å². The van der Waals surface area contributed by atoms with Crippen LogP contribution in [0.15, 0.2) is 0 Å². The van der Waals surface area contributed by atoms with Crippen molar-refractivity contribution in [1.82, 2.24) is 0 Å². The van der Waals surface area contributed by atoms with Crippen molar-refractivity contribution in [3.63, 3.8) is 0 Å². The number of aliphatic carboxylic acids is 12. The molecule has 0 spiro atoms. The number of rotatable bonds is 51. The number of carbonyl (C=O) groups is 30. The molecule has 8 atom stereocenters. The van der Waals surface area contributed by atoms with Crippen molar-refractivity contribution in [2.45, 2.75) is 186 Å². The summed E-state index contributed by atoms with van der Waals surface area (Å²) in [5, 5.41) is 173. The molecule has 0 aliphatic rings. The summed E-state index contributed by atoms with van der Waals surface area (Å²) in [6.07, 6.45) is -41.4. The van der Waals surface area contributed by atoms with Gasteiger partial charge in [0.2, 0.25) is 11.2 Å². The summed E-state index contributed by atoms with van der Waals surface area (Å²) in [7, 11) is 0. The quantitative estimate of drug-likeness (QED) is 0.0153. The first-order valence-electron chi connectivity index (χ1n) is 31.2. The van der Waals surface area contributed by atoms with Crippen molar-refractivity contribution in [1.29, 1.82) is 0 Å². The number of carbonyl (C=O) groups excluding carboxylic acids is 18. The van der Waals surface area contributed by atoms with Gasteiger partial charge >= 0.3 is 179 Å². The second-order valence-electron chi connectivity index (χ2n) is 24.2. The smallest absolute Gasteiger partial charge is 0.349 e. The average Bonchev–Trinajstić information content (AvgIpc) is 0.819. The predicted octanol–water partition coefficient (Wildman–Crippen LogP) is -9.91. The van der Waals surface area contributed by atoms with Crippen LogP contribution in [0.1, 0.15) is 141 Å². The lowest BCUT2D eigenvalue weighted by atomic mass is 9.94. The molecule has 8 unspecified atom stereocenters. The SMILES string of the molecule is O=C(O)CC(O)(CC(=O)OC(=O)CC(O)(CC(=O)OC(=O)CCC(=O)OC(=O)CC(CC(=O)OC(=O)CC(O)(CC(=O)O)C(=O)O)(OC(=O)CCC(=O)OC(CC(=O)OC(=O)CCC(=O)OC(=O)CC(O)(CC(=O)OC(=O)CC(O)(CC(=O)O)C(=O)O)C(=O)O)(CC(=O)OC(=O)CC(O)(CC(=O)O)C(=O)O)C(=O)O)C(=O)O)C(=O)O)C(=O)O. The van der Waals surface area contributed by atoms with Gasteiger partial charge in [0, 0.05) is 0 Å². The van der Waals surface area contributed by atoms with Crippen LogP contribution in [0, 0.1) is 0 Å². The molecule has 0 bridgehead atoms. The van der Waals surface area contributed by atoms with Gasteiger partial charge in [0.1, 0.15) is 0 Å². The van der Waals surface area contributed by atoms with Gasteiger partial charge < -0.3 is 139 Å². The molecule has 0 rings (SSSR count). The van der Waals surface area contributed by atoms with Gasteiger partial charge in [-0.25, -0.2) is 38.4 Å². The number of hydrogen-bond acceptors (Lipinski definition) is 46. The van der Waals surface area contributed by atoms with Crippen molar-refractivity contribution < 1.29 is 283 Å². The lowest BCUT2D eigenvalue weighted by molar-refractivity contribution is -0.193. The van der Waals surface area contributed by atoms with Crippen molar-refractivity contribution in [3.8, 4) is 0 Å². The Kier molecular flexibility index (Phi) is 38.3. The number of hydrogen-bond donors (Lipinski definition) is 18. The van der Waals surface area contributed by atoms with Crippen molar-refractivity contribution in [3.05, 3.63) is 0 Å². The number of esters is 18. The molecule has 650 valence electrons. The van der Waals surface area contributed by atoms with Crippen molar-refractivity contribution in [2.24, 2.45) is 0 Å². The molecule has 0 aliphatic carbocycles. The standard InChI is InChI=1S/C60H62O58/c61-23(62)7-53(103,45(87)88)11-35(77)113-39(81)17-57(107,49(95)96)15-33(75)109-27(69)1-3-29(71)111-41(83)19-59(51(99)100,21-43(85)115-37(79)13-55(105,47(91)92)9-25(65)66)117-31(73)5-6-32(74)118-60(52(101)102,22-44(86)116-38(80)14-56(106,48(93)94)10-26(67)68)20-42(84)112-30(72)4-2-28(70)110-34(76)16-58(108,50(97)98)18-40(82)114-36(78)12-54(104,46(89)90)8-24(63)64/h103-108H,1-22H2,(H,61,62)(H,63,64)(H,65,66)(H,67,68)(H,87,88)(H,89,90)(H,91,92)(H,93,94)(H,95,96)(H,97,98)(H,99,100)(H,101,102). The van der Waals surface area contributed by atoms with Gasteiger partial charge in [-0.05, 0) is 0 Å². The minimum absolute atomic E-state index is 1.50. The van der Waals surface area contributed by atoms with E-state index in [0.29, 0.717) is 0 Å². The van der Waals surface area contributed by atoms with Gasteiger partial charge in [0.05, 0.1) is 141 Å². The van der Waals surface area contributed by atoms with E-state index < -0.39 is 365 Å². The van der Waals surface area contributed by atoms with Crippen LogP contribution in [-0.4, -0.2) is 316 Å². The van der Waals surface area contributed by atoms with E-state index in [9.17, 15) is 205 Å². The first-order chi connectivity index (χ1) is 53.8. The molecule has 58 nitrogen and oxygen atoms in total. The highest BCUT2D eigenvalue weighted by Crippen LogP contribution is 2.31. The van der Waals surface area contributed by atoms with Crippen molar-refractivity contribution >= 4 is 179 Å². The van der Waals surface area contributed by atoms with Gasteiger partial charge in [0.25, 0.3) is 0 Å². The maximum absolute atomic E-state index is 13.5. The van der Waals surface area contributed by atoms with Crippen LogP contribution in [0.2, 0.25) is 0 Å². The van der Waals surface area contributed by atoms with Gasteiger partial charge in [0.15, 0.2) is 33.6 Å². The Morgan fingerprint density at radius 2 is 0.271 bits per heavy atom. The highest BCUT2D eigenvalue weighted by molar-refractivity contribution is 6.02. The largest absolute Gasteiger partial charge is 0.481 e. The molecule has 58 heteroatoms. The molecule has 118 heavy (non-hydrogen) atoms. The first-order valence-corrected chi connectivity index (χ1v) is 31.2. The minimum atomic E-state index is -4.07. The van der Waals surface area contributed by atoms with E-state index in [2.05, 4.69) is 37.9 Å². The third-order valence-electron chi connectivity index (χ3n) is 14.2. The molecule has 0 amide bonds. The Morgan fingerprint density at radius 1 is 0.153 bits per heavy atom. The zero-order valence-corrected chi connectivity index (χ0v) is 58.9. The van der Waals surface area contributed by atoms with Crippen LogP contribution < -0.4 is 0 Å². The summed E-state index contributed by atoms with van der Waals surface area (Å²) >= 11 is 0. The van der Waals surface area contributed by atoms with Crippen molar-refractivity contribution in [2.75, 3.05) is 0 Å². The number of ether oxygens (including phenoxy) is 10. The monoisotopic (exact) mass is 1710 g/mol. The Labute approximate surface area is 647 Å². The molecular formula is C60H62O58. The maximum Gasteiger partial charge on any atom is 0.349 e. The van der Waals surface area contributed by atoms with E-state index in [-0.39, 0.29) is 0 Å². The molecule has 0 radical (unpaired) electrons. The van der Waals surface area contributed by atoms with Crippen LogP contribution in [0.4, 0.5) is 0 Å². The summed E-state index contributed by atoms with van der Waals surface area (Å²) in [5.41, 5.74) is -29.7. The second kappa shape index (κ2) is 43.6. The normalized spacial score (nSPS) is 14.9. The fourth-order valence-electron chi connectivity index (χ4n) is 8.59. The van der Waals surface area contributed by atoms with Gasteiger partial charge in [-0.3, -0.25) is 105 Å². The number of carboxylic acid groups (broad SMARTS) is 12. The first kappa shape index (κ1) is 103. The van der Waals surface area contributed by atoms with E-state index >= 15 is 0 Å². The zero-order chi connectivity index (χ0) is 91.9. The topological polar surface area (TPSA) is 969 Å². The van der Waals surface area contributed by atoms with E-state index in [1.54, 1.807) is 0 Å². The molecule has 0 aromatic carbocycles. The molecular weight excluding hydrogens is 1650 g/mol. The molecule has 0 aromatic heterocycles. The zero-order valence-electron chi connectivity index (χ0n) is 58.9. The molecule has 0 fully saturated rings. The predicted molar refractivity (Wildman–Crippen MR) is 329 cm³/mol. The highest BCUT2D eigenvalue weighted by Gasteiger charge is 2.54. The summed E-state index contributed by atoms with van der Waals surface area (Å²) in [4.78, 5) is 369. The number of aliphatic hydroxyl groups is 6. The van der Waals surface area contributed by atoms with Crippen LogP contribution >= 0.6 is 0 Å². The minimum Gasteiger partial charge on any atom is -0.481 e. The molecule has 0 aliphatic heterocycles. The number of carboxylic acids is 12. The molecule has 0 saturated carbocycles. The van der Waals surface area contributed by atoms with Crippen LogP contribution in [-0.2, 0) is 191 Å². The third kappa shape index (κ3) is 35.2. The lowest BCUT2D eigenvalue weighted by Crippen LogP contribution is -2.49. The Balaban J connectivity index is 7.14. The fraction of sp³-hybridized carbons (Fsp3) is 0.500. The lowest BCUT2D eigenvalue weighted by Gasteiger charge is -2.28. The van der Waals surface area contributed by atoms with E-state index in [1.807, 2.05) is 0 Å². The Hall–Kier alpha value is -14.5. The second-order valence-corrected chi connectivity index (χ2v) is 24.2. The van der Waals surface area contributed by atoms with E-state index in [0.717, 1.165) is 0 Å². The average molecular weight is 1710 g/mol.